The van der Waals surface area contributed by atoms with E-state index >= 15 is 0 Å². The van der Waals surface area contributed by atoms with Crippen LogP contribution >= 0.6 is 0 Å². The Kier molecular flexibility index (Phi) is 6.30. The predicted octanol–water partition coefficient (Wildman–Crippen LogP) is 2.56. The van der Waals surface area contributed by atoms with Crippen molar-refractivity contribution in [2.24, 2.45) is 0 Å². The molecular formula is C9H15F3N2. The molecule has 82 valence electrons. The second-order valence-electron chi connectivity index (χ2n) is 3.28. The number of unbranched alkanes of at least 4 members (excludes halogenated alkanes) is 2. The average Bonchev–Trinajstić information content (AvgIpc) is 2.08. The van der Waals surface area contributed by atoms with Gasteiger partial charge in [0.15, 0.2) is 0 Å². The molecule has 0 aliphatic rings. The molecule has 0 saturated heterocycles. The van der Waals surface area contributed by atoms with Gasteiger partial charge in [0.05, 0.1) is 12.5 Å². The largest absolute Gasteiger partial charge is 0.390 e. The fraction of sp³-hybridized carbons (Fsp3) is 0.889. The SMILES string of the molecule is CN(CCCCC#N)CCC(F)(F)F. The maximum Gasteiger partial charge on any atom is 0.390 e. The smallest absolute Gasteiger partial charge is 0.306 e. The molecule has 2 nitrogen and oxygen atoms in total. The monoisotopic (exact) mass is 208 g/mol. The first kappa shape index (κ1) is 13.2. The summed E-state index contributed by atoms with van der Waals surface area (Å²) in [4.78, 5) is 1.64. The minimum absolute atomic E-state index is 0.0378. The molecule has 0 bridgehead atoms. The van der Waals surface area contributed by atoms with Crippen LogP contribution in [0, 0.1) is 11.3 Å². The summed E-state index contributed by atoms with van der Waals surface area (Å²) in [5.74, 6) is 0. The predicted molar refractivity (Wildman–Crippen MR) is 47.6 cm³/mol. The highest BCUT2D eigenvalue weighted by Gasteiger charge is 2.26. The number of hydrogen-bond acceptors (Lipinski definition) is 2. The zero-order valence-electron chi connectivity index (χ0n) is 8.27. The molecule has 0 aliphatic heterocycles. The van der Waals surface area contributed by atoms with E-state index in [4.69, 9.17) is 5.26 Å². The first-order chi connectivity index (χ1) is 6.45. The summed E-state index contributed by atoms with van der Waals surface area (Å²) in [7, 11) is 1.66. The molecule has 0 saturated carbocycles. The van der Waals surface area contributed by atoms with E-state index in [9.17, 15) is 13.2 Å². The molecule has 0 radical (unpaired) electrons. The van der Waals surface area contributed by atoms with E-state index in [1.807, 2.05) is 6.07 Å². The van der Waals surface area contributed by atoms with Gasteiger partial charge in [-0.2, -0.15) is 18.4 Å². The number of halogens is 3. The molecule has 0 aliphatic carbocycles. The van der Waals surface area contributed by atoms with E-state index < -0.39 is 12.6 Å². The van der Waals surface area contributed by atoms with Crippen molar-refractivity contribution in [3.8, 4) is 6.07 Å². The lowest BCUT2D eigenvalue weighted by atomic mass is 10.2. The van der Waals surface area contributed by atoms with Crippen molar-refractivity contribution in [3.05, 3.63) is 0 Å². The molecule has 0 aromatic carbocycles. The average molecular weight is 208 g/mol. The Hall–Kier alpha value is -0.760. The number of hydrogen-bond donors (Lipinski definition) is 0. The lowest BCUT2D eigenvalue weighted by Crippen LogP contribution is -2.25. The molecule has 5 heteroatoms. The highest BCUT2D eigenvalue weighted by Crippen LogP contribution is 2.19. The van der Waals surface area contributed by atoms with Gasteiger partial charge in [0.25, 0.3) is 0 Å². The van der Waals surface area contributed by atoms with Crippen LogP contribution in [0.4, 0.5) is 13.2 Å². The first-order valence-electron chi connectivity index (χ1n) is 4.58. The Morgan fingerprint density at radius 1 is 1.21 bits per heavy atom. The quantitative estimate of drug-likeness (QED) is 0.627. The van der Waals surface area contributed by atoms with E-state index in [0.717, 1.165) is 12.8 Å². The summed E-state index contributed by atoms with van der Waals surface area (Å²) in [5.41, 5.74) is 0. The van der Waals surface area contributed by atoms with Gasteiger partial charge in [0.2, 0.25) is 0 Å². The topological polar surface area (TPSA) is 27.0 Å². The van der Waals surface area contributed by atoms with Crippen LogP contribution in [-0.2, 0) is 0 Å². The normalized spacial score (nSPS) is 11.7. The van der Waals surface area contributed by atoms with Crippen LogP contribution in [0.5, 0.6) is 0 Å². The van der Waals surface area contributed by atoms with Gasteiger partial charge >= 0.3 is 6.18 Å². The molecule has 0 rings (SSSR count). The molecule has 0 atom stereocenters. The molecule has 0 N–H and O–H groups in total. The van der Waals surface area contributed by atoms with Gasteiger partial charge in [-0.1, -0.05) is 0 Å². The van der Waals surface area contributed by atoms with Gasteiger partial charge in [0, 0.05) is 13.0 Å². The minimum atomic E-state index is -4.07. The van der Waals surface area contributed by atoms with Gasteiger partial charge in [-0.15, -0.1) is 0 Å². The fourth-order valence-electron chi connectivity index (χ4n) is 1.02. The Balaban J connectivity index is 3.38. The van der Waals surface area contributed by atoms with E-state index in [0.29, 0.717) is 13.0 Å². The fourth-order valence-corrected chi connectivity index (χ4v) is 1.02. The van der Waals surface area contributed by atoms with Crippen LogP contribution in [0.3, 0.4) is 0 Å². The van der Waals surface area contributed by atoms with Gasteiger partial charge in [-0.3, -0.25) is 0 Å². The van der Waals surface area contributed by atoms with E-state index in [1.54, 1.807) is 11.9 Å². The summed E-state index contributed by atoms with van der Waals surface area (Å²) >= 11 is 0. The Bertz CT molecular complexity index is 183. The van der Waals surface area contributed by atoms with E-state index in [2.05, 4.69) is 0 Å². The molecular weight excluding hydrogens is 193 g/mol. The highest BCUT2D eigenvalue weighted by molar-refractivity contribution is 4.68. The van der Waals surface area contributed by atoms with Crippen LogP contribution < -0.4 is 0 Å². The van der Waals surface area contributed by atoms with Gasteiger partial charge < -0.3 is 4.90 Å². The standard InChI is InChI=1S/C9H15F3N2/c1-14(7-4-2-3-6-13)8-5-9(10,11)12/h2-5,7-8H2,1H3. The van der Waals surface area contributed by atoms with Gasteiger partial charge in [-0.25, -0.2) is 0 Å². The second kappa shape index (κ2) is 6.66. The van der Waals surface area contributed by atoms with Crippen molar-refractivity contribution in [2.45, 2.75) is 31.9 Å². The van der Waals surface area contributed by atoms with Crippen LogP contribution in [-0.4, -0.2) is 31.2 Å². The molecule has 0 fully saturated rings. The third kappa shape index (κ3) is 9.33. The third-order valence-electron chi connectivity index (χ3n) is 1.86. The molecule has 0 aromatic rings. The number of nitriles is 1. The molecule has 0 spiro atoms. The summed E-state index contributed by atoms with van der Waals surface area (Å²) in [6.45, 7) is 0.661. The first-order valence-corrected chi connectivity index (χ1v) is 4.58. The van der Waals surface area contributed by atoms with Crippen molar-refractivity contribution in [2.75, 3.05) is 20.1 Å². The lowest BCUT2D eigenvalue weighted by Gasteiger charge is -2.16. The maximum atomic E-state index is 11.8. The van der Waals surface area contributed by atoms with Crippen molar-refractivity contribution in [1.82, 2.24) is 4.90 Å². The van der Waals surface area contributed by atoms with Crippen LogP contribution in [0.2, 0.25) is 0 Å². The van der Waals surface area contributed by atoms with E-state index in [1.165, 1.54) is 0 Å². The third-order valence-corrected chi connectivity index (χ3v) is 1.86. The number of alkyl halides is 3. The maximum absolute atomic E-state index is 11.8. The van der Waals surface area contributed by atoms with Crippen LogP contribution in [0.15, 0.2) is 0 Å². The zero-order chi connectivity index (χ0) is 11.0. The summed E-state index contributed by atoms with van der Waals surface area (Å²) < 4.78 is 35.4. The van der Waals surface area contributed by atoms with Crippen molar-refractivity contribution >= 4 is 0 Å². The minimum Gasteiger partial charge on any atom is -0.306 e. The Labute approximate surface area is 82.3 Å². The zero-order valence-corrected chi connectivity index (χ0v) is 8.27. The second-order valence-corrected chi connectivity index (χ2v) is 3.28. The number of nitrogens with zero attached hydrogens (tertiary/aromatic N) is 2. The molecule has 14 heavy (non-hydrogen) atoms. The molecule has 0 unspecified atom stereocenters. The Morgan fingerprint density at radius 2 is 1.86 bits per heavy atom. The van der Waals surface area contributed by atoms with E-state index in [-0.39, 0.29) is 6.54 Å². The van der Waals surface area contributed by atoms with Crippen molar-refractivity contribution < 1.29 is 13.2 Å². The molecule has 0 aromatic heterocycles. The highest BCUT2D eigenvalue weighted by atomic mass is 19.4. The van der Waals surface area contributed by atoms with Gasteiger partial charge in [-0.05, 0) is 26.4 Å². The molecule has 0 heterocycles. The van der Waals surface area contributed by atoms with Gasteiger partial charge in [0.1, 0.15) is 0 Å². The number of rotatable bonds is 6. The summed E-state index contributed by atoms with van der Waals surface area (Å²) in [5, 5.41) is 8.23. The van der Waals surface area contributed by atoms with Crippen molar-refractivity contribution in [3.63, 3.8) is 0 Å². The molecule has 0 amide bonds. The lowest BCUT2D eigenvalue weighted by molar-refractivity contribution is -0.137. The van der Waals surface area contributed by atoms with Crippen LogP contribution in [0.1, 0.15) is 25.7 Å². The van der Waals surface area contributed by atoms with Crippen LogP contribution in [0.25, 0.3) is 0 Å². The Morgan fingerprint density at radius 3 is 2.36 bits per heavy atom. The summed E-state index contributed by atoms with van der Waals surface area (Å²) in [6, 6.07) is 2.00. The summed E-state index contributed by atoms with van der Waals surface area (Å²) in [6.07, 6.45) is -2.81. The van der Waals surface area contributed by atoms with Crippen molar-refractivity contribution in [1.29, 1.82) is 5.26 Å².